The lowest BCUT2D eigenvalue weighted by molar-refractivity contribution is 0.479. The van der Waals surface area contributed by atoms with Crippen LogP contribution in [0, 0.1) is 0 Å². The normalized spacial score (nSPS) is 12.9. The van der Waals surface area contributed by atoms with Crippen molar-refractivity contribution >= 4 is 15.9 Å². The molecule has 2 aromatic heterocycles. The summed E-state index contributed by atoms with van der Waals surface area (Å²) in [4.78, 5) is 8.48. The molecule has 0 saturated heterocycles. The minimum atomic E-state index is -0.0297. The third kappa shape index (κ3) is 2.44. The molecular weight excluding hydrogens is 294 g/mol. The summed E-state index contributed by atoms with van der Waals surface area (Å²) in [6, 6.07) is 0.261. The van der Waals surface area contributed by atoms with Crippen LogP contribution in [0.15, 0.2) is 29.3 Å². The van der Waals surface area contributed by atoms with Crippen molar-refractivity contribution in [3.8, 4) is 0 Å². The molecular formula is C12H16BrN5. The minimum absolute atomic E-state index is 0.0297. The second-order valence-corrected chi connectivity index (χ2v) is 5.12. The van der Waals surface area contributed by atoms with Gasteiger partial charge in [0.2, 0.25) is 0 Å². The fraction of sp³-hybridized carbons (Fsp3) is 0.417. The Kier molecular flexibility index (Phi) is 4.08. The van der Waals surface area contributed by atoms with Crippen molar-refractivity contribution in [3.05, 3.63) is 40.6 Å². The van der Waals surface area contributed by atoms with Crippen molar-refractivity contribution in [1.29, 1.82) is 0 Å². The average molecular weight is 310 g/mol. The van der Waals surface area contributed by atoms with Crippen LogP contribution in [0.5, 0.6) is 0 Å². The first-order valence-electron chi connectivity index (χ1n) is 5.81. The largest absolute Gasteiger partial charge is 0.307 e. The van der Waals surface area contributed by atoms with E-state index in [2.05, 4.69) is 50.2 Å². The molecule has 0 aliphatic rings. The summed E-state index contributed by atoms with van der Waals surface area (Å²) in [6.45, 7) is 4.21. The zero-order valence-corrected chi connectivity index (χ0v) is 12.2. The molecule has 0 radical (unpaired) electrons. The fourth-order valence-corrected chi connectivity index (χ4v) is 2.42. The van der Waals surface area contributed by atoms with E-state index in [1.165, 1.54) is 0 Å². The Labute approximate surface area is 115 Å². The molecule has 0 aliphatic heterocycles. The van der Waals surface area contributed by atoms with Gasteiger partial charge < -0.3 is 5.32 Å². The van der Waals surface area contributed by atoms with Crippen molar-refractivity contribution in [2.24, 2.45) is 0 Å². The lowest BCUT2D eigenvalue weighted by Crippen LogP contribution is -2.23. The summed E-state index contributed by atoms with van der Waals surface area (Å²) in [6.07, 6.45) is 6.95. The number of aromatic nitrogens is 4. The Morgan fingerprint density at radius 1 is 1.28 bits per heavy atom. The number of nitrogens with zero attached hydrogens (tertiary/aromatic N) is 4. The van der Waals surface area contributed by atoms with Crippen LogP contribution in [0.1, 0.15) is 37.3 Å². The first-order chi connectivity index (χ1) is 8.65. The Bertz CT molecular complexity index is 508. The van der Waals surface area contributed by atoms with Crippen molar-refractivity contribution in [1.82, 2.24) is 25.1 Å². The quantitative estimate of drug-likeness (QED) is 0.941. The van der Waals surface area contributed by atoms with E-state index in [9.17, 15) is 0 Å². The molecule has 0 aliphatic carbocycles. The van der Waals surface area contributed by atoms with E-state index in [0.29, 0.717) is 6.04 Å². The smallest absolute Gasteiger partial charge is 0.0946 e. The molecule has 2 rings (SSSR count). The SMILES string of the molecule is CNC(c1cnccn1)c1c(Br)cnn1C(C)C. The van der Waals surface area contributed by atoms with E-state index in [4.69, 9.17) is 0 Å². The molecule has 0 fully saturated rings. The zero-order valence-electron chi connectivity index (χ0n) is 10.6. The van der Waals surface area contributed by atoms with Crippen LogP contribution in [0.4, 0.5) is 0 Å². The summed E-state index contributed by atoms with van der Waals surface area (Å²) < 4.78 is 2.96. The molecule has 0 aromatic carbocycles. The number of halogens is 1. The van der Waals surface area contributed by atoms with Gasteiger partial charge in [-0.05, 0) is 36.8 Å². The van der Waals surface area contributed by atoms with Gasteiger partial charge in [0.1, 0.15) is 0 Å². The molecule has 0 bridgehead atoms. The molecule has 0 saturated carbocycles. The van der Waals surface area contributed by atoms with Gasteiger partial charge in [-0.25, -0.2) is 0 Å². The van der Waals surface area contributed by atoms with Gasteiger partial charge in [0, 0.05) is 18.4 Å². The van der Waals surface area contributed by atoms with Crippen LogP contribution >= 0.6 is 15.9 Å². The second-order valence-electron chi connectivity index (χ2n) is 4.27. The number of rotatable bonds is 4. The third-order valence-electron chi connectivity index (χ3n) is 2.72. The molecule has 2 aromatic rings. The van der Waals surface area contributed by atoms with E-state index in [-0.39, 0.29) is 6.04 Å². The minimum Gasteiger partial charge on any atom is -0.307 e. The monoisotopic (exact) mass is 309 g/mol. The molecule has 0 spiro atoms. The maximum absolute atomic E-state index is 4.39. The van der Waals surface area contributed by atoms with E-state index < -0.39 is 0 Å². The zero-order chi connectivity index (χ0) is 13.1. The van der Waals surface area contributed by atoms with E-state index in [1.54, 1.807) is 18.6 Å². The van der Waals surface area contributed by atoms with Gasteiger partial charge in [-0.15, -0.1) is 0 Å². The lowest BCUT2D eigenvalue weighted by Gasteiger charge is -2.19. The molecule has 1 N–H and O–H groups in total. The van der Waals surface area contributed by atoms with Crippen molar-refractivity contribution in [2.75, 3.05) is 7.05 Å². The lowest BCUT2D eigenvalue weighted by atomic mass is 10.1. The highest BCUT2D eigenvalue weighted by atomic mass is 79.9. The average Bonchev–Trinajstić information content (AvgIpc) is 2.74. The first kappa shape index (κ1) is 13.2. The summed E-state index contributed by atoms with van der Waals surface area (Å²) >= 11 is 3.55. The van der Waals surface area contributed by atoms with Gasteiger partial charge in [0.15, 0.2) is 0 Å². The van der Waals surface area contributed by atoms with E-state index in [0.717, 1.165) is 15.9 Å². The molecule has 96 valence electrons. The van der Waals surface area contributed by atoms with Crippen LogP contribution in [0.25, 0.3) is 0 Å². The van der Waals surface area contributed by atoms with Gasteiger partial charge >= 0.3 is 0 Å². The van der Waals surface area contributed by atoms with E-state index in [1.807, 2.05) is 17.9 Å². The molecule has 6 heteroatoms. The topological polar surface area (TPSA) is 55.6 Å². The van der Waals surface area contributed by atoms with Gasteiger partial charge in [-0.3, -0.25) is 14.6 Å². The predicted octanol–water partition coefficient (Wildman–Crippen LogP) is 2.33. The number of hydrogen-bond acceptors (Lipinski definition) is 4. The maximum Gasteiger partial charge on any atom is 0.0946 e. The van der Waals surface area contributed by atoms with Crippen LogP contribution in [-0.2, 0) is 0 Å². The molecule has 1 atom stereocenters. The van der Waals surface area contributed by atoms with Crippen LogP contribution in [-0.4, -0.2) is 26.8 Å². The molecule has 2 heterocycles. The summed E-state index contributed by atoms with van der Waals surface area (Å²) in [7, 11) is 1.91. The summed E-state index contributed by atoms with van der Waals surface area (Å²) in [5, 5.41) is 7.65. The summed E-state index contributed by atoms with van der Waals surface area (Å²) in [5.74, 6) is 0. The van der Waals surface area contributed by atoms with Crippen LogP contribution in [0.3, 0.4) is 0 Å². The highest BCUT2D eigenvalue weighted by Crippen LogP contribution is 2.28. The third-order valence-corrected chi connectivity index (χ3v) is 3.33. The van der Waals surface area contributed by atoms with Crippen LogP contribution < -0.4 is 5.32 Å². The standard InChI is InChI=1S/C12H16BrN5/c1-8(2)18-12(9(13)6-17-18)11(14-3)10-7-15-4-5-16-10/h4-8,11,14H,1-3H3. The van der Waals surface area contributed by atoms with Crippen molar-refractivity contribution in [2.45, 2.75) is 25.9 Å². The molecule has 18 heavy (non-hydrogen) atoms. The maximum atomic E-state index is 4.39. The Morgan fingerprint density at radius 2 is 2.06 bits per heavy atom. The fourth-order valence-electron chi connectivity index (χ4n) is 1.92. The number of nitrogens with one attached hydrogen (secondary N) is 1. The first-order valence-corrected chi connectivity index (χ1v) is 6.60. The molecule has 1 unspecified atom stereocenters. The van der Waals surface area contributed by atoms with Gasteiger partial charge in [-0.2, -0.15) is 5.10 Å². The molecule has 5 nitrogen and oxygen atoms in total. The Hall–Kier alpha value is -1.27. The Balaban J connectivity index is 2.48. The van der Waals surface area contributed by atoms with E-state index >= 15 is 0 Å². The van der Waals surface area contributed by atoms with Crippen LogP contribution in [0.2, 0.25) is 0 Å². The Morgan fingerprint density at radius 3 is 2.61 bits per heavy atom. The summed E-state index contributed by atoms with van der Waals surface area (Å²) in [5.41, 5.74) is 1.94. The highest BCUT2D eigenvalue weighted by molar-refractivity contribution is 9.10. The van der Waals surface area contributed by atoms with Crippen molar-refractivity contribution in [3.63, 3.8) is 0 Å². The van der Waals surface area contributed by atoms with Gasteiger partial charge in [0.05, 0.1) is 34.3 Å². The molecule has 0 amide bonds. The van der Waals surface area contributed by atoms with Gasteiger partial charge in [0.25, 0.3) is 0 Å². The second kappa shape index (κ2) is 5.58. The van der Waals surface area contributed by atoms with Gasteiger partial charge in [-0.1, -0.05) is 0 Å². The number of hydrogen-bond donors (Lipinski definition) is 1. The highest BCUT2D eigenvalue weighted by Gasteiger charge is 2.22. The van der Waals surface area contributed by atoms with Crippen molar-refractivity contribution < 1.29 is 0 Å². The predicted molar refractivity (Wildman–Crippen MR) is 73.2 cm³/mol.